The van der Waals surface area contributed by atoms with E-state index in [0.717, 1.165) is 41.8 Å². The van der Waals surface area contributed by atoms with Crippen LogP contribution in [0.15, 0.2) is 83.8 Å². The fourth-order valence-electron chi connectivity index (χ4n) is 5.48. The third-order valence-electron chi connectivity index (χ3n) is 7.45. The lowest BCUT2D eigenvalue weighted by Gasteiger charge is -2.57. The summed E-state index contributed by atoms with van der Waals surface area (Å²) in [6.45, 7) is 1.85. The van der Waals surface area contributed by atoms with E-state index in [-0.39, 0.29) is 24.6 Å². The standard InChI is InChI=1S/C30H32N2O4S/c1-36-26-17-13-24(14-18-26)10-9-23-11-15-25(16-12-23)30-28-21-31(19-5-6-20-32(28)29(30)22-33)37(34,35)27-7-3-2-4-8-27/h2-4,7-8,11-18,28-30,33H,5-6,19-22H2,1H3/t28-,29-,30+/m0/s1. The Morgan fingerprint density at radius 3 is 2.14 bits per heavy atom. The molecule has 0 radical (unpaired) electrons. The van der Waals surface area contributed by atoms with Crippen molar-refractivity contribution in [1.29, 1.82) is 0 Å². The molecule has 0 aliphatic carbocycles. The zero-order valence-electron chi connectivity index (χ0n) is 21.0. The van der Waals surface area contributed by atoms with Gasteiger partial charge in [-0.05, 0) is 73.5 Å². The minimum Gasteiger partial charge on any atom is -0.497 e. The SMILES string of the molecule is COc1ccc(C#Cc2ccc([C@H]3[C@H](CO)N4CCCCN(S(=O)(=O)c5ccccc5)C[C@@H]34)cc2)cc1. The number of fused-ring (bicyclic) bond motifs is 1. The van der Waals surface area contributed by atoms with E-state index in [0.29, 0.717) is 18.0 Å². The van der Waals surface area contributed by atoms with Gasteiger partial charge in [-0.2, -0.15) is 4.31 Å². The van der Waals surface area contributed by atoms with E-state index < -0.39 is 10.0 Å². The van der Waals surface area contributed by atoms with Crippen LogP contribution in [-0.2, 0) is 10.0 Å². The normalized spacial score (nSPS) is 22.5. The quantitative estimate of drug-likeness (QED) is 0.524. The number of methoxy groups -OCH3 is 1. The Balaban J connectivity index is 1.36. The highest BCUT2D eigenvalue weighted by molar-refractivity contribution is 7.89. The number of hydrogen-bond acceptors (Lipinski definition) is 5. The average Bonchev–Trinajstić information content (AvgIpc) is 2.92. The van der Waals surface area contributed by atoms with Crippen LogP contribution in [0, 0.1) is 11.8 Å². The molecule has 3 aromatic carbocycles. The molecule has 2 fully saturated rings. The Kier molecular flexibility index (Phi) is 7.63. The van der Waals surface area contributed by atoms with Crippen LogP contribution >= 0.6 is 0 Å². The molecule has 2 aliphatic rings. The van der Waals surface area contributed by atoms with Crippen molar-refractivity contribution < 1.29 is 18.3 Å². The summed E-state index contributed by atoms with van der Waals surface area (Å²) in [6.07, 6.45) is 1.71. The number of nitrogens with zero attached hydrogens (tertiary/aromatic N) is 2. The van der Waals surface area contributed by atoms with Gasteiger partial charge in [0.05, 0.1) is 18.6 Å². The lowest BCUT2D eigenvalue weighted by atomic mass is 9.74. The summed E-state index contributed by atoms with van der Waals surface area (Å²) >= 11 is 0. The highest BCUT2D eigenvalue weighted by atomic mass is 32.2. The number of aliphatic hydroxyl groups excluding tert-OH is 1. The van der Waals surface area contributed by atoms with Gasteiger partial charge < -0.3 is 9.84 Å². The minimum atomic E-state index is -3.58. The topological polar surface area (TPSA) is 70.1 Å². The summed E-state index contributed by atoms with van der Waals surface area (Å²) in [5.74, 6) is 7.24. The molecule has 2 saturated heterocycles. The fraction of sp³-hybridized carbons (Fsp3) is 0.333. The van der Waals surface area contributed by atoms with Crippen molar-refractivity contribution in [2.75, 3.05) is 33.4 Å². The maximum atomic E-state index is 13.4. The Morgan fingerprint density at radius 1 is 0.892 bits per heavy atom. The molecule has 3 aromatic rings. The first kappa shape index (κ1) is 25.5. The van der Waals surface area contributed by atoms with Crippen LogP contribution in [0.2, 0.25) is 0 Å². The van der Waals surface area contributed by atoms with Crippen LogP contribution in [-0.4, -0.2) is 68.2 Å². The highest BCUT2D eigenvalue weighted by Gasteiger charge is 2.50. The molecule has 2 heterocycles. The maximum Gasteiger partial charge on any atom is 0.243 e. The fourth-order valence-corrected chi connectivity index (χ4v) is 6.99. The van der Waals surface area contributed by atoms with Crippen molar-refractivity contribution in [3.63, 3.8) is 0 Å². The van der Waals surface area contributed by atoms with Gasteiger partial charge >= 0.3 is 0 Å². The molecule has 0 unspecified atom stereocenters. The first-order chi connectivity index (χ1) is 18.0. The Bertz CT molecular complexity index is 1360. The van der Waals surface area contributed by atoms with Crippen molar-refractivity contribution in [1.82, 2.24) is 9.21 Å². The van der Waals surface area contributed by atoms with Crippen molar-refractivity contribution in [2.24, 2.45) is 0 Å². The third-order valence-corrected chi connectivity index (χ3v) is 9.33. The lowest BCUT2D eigenvalue weighted by molar-refractivity contribution is -0.0553. The molecule has 2 aliphatic heterocycles. The molecular weight excluding hydrogens is 484 g/mol. The molecule has 0 aromatic heterocycles. The van der Waals surface area contributed by atoms with Gasteiger partial charge in [-0.1, -0.05) is 42.2 Å². The molecule has 0 bridgehead atoms. The average molecular weight is 517 g/mol. The largest absolute Gasteiger partial charge is 0.497 e. The van der Waals surface area contributed by atoms with Crippen LogP contribution in [0.3, 0.4) is 0 Å². The molecule has 1 N–H and O–H groups in total. The number of benzene rings is 3. The number of hydrogen-bond donors (Lipinski definition) is 1. The monoisotopic (exact) mass is 516 g/mol. The van der Waals surface area contributed by atoms with Gasteiger partial charge in [0.2, 0.25) is 10.0 Å². The molecule has 3 atom stereocenters. The van der Waals surface area contributed by atoms with Crippen LogP contribution < -0.4 is 4.74 Å². The predicted molar refractivity (Wildman–Crippen MR) is 144 cm³/mol. The molecule has 5 rings (SSSR count). The molecule has 7 heteroatoms. The van der Waals surface area contributed by atoms with Crippen molar-refractivity contribution >= 4 is 10.0 Å². The van der Waals surface area contributed by atoms with Gasteiger partial charge in [0.25, 0.3) is 0 Å². The summed E-state index contributed by atoms with van der Waals surface area (Å²) < 4.78 is 33.7. The summed E-state index contributed by atoms with van der Waals surface area (Å²) in [4.78, 5) is 2.62. The van der Waals surface area contributed by atoms with Gasteiger partial charge in [0.15, 0.2) is 0 Å². The number of aliphatic hydroxyl groups is 1. The smallest absolute Gasteiger partial charge is 0.243 e. The third kappa shape index (κ3) is 5.29. The molecule has 0 saturated carbocycles. The van der Waals surface area contributed by atoms with E-state index in [4.69, 9.17) is 4.74 Å². The molecule has 6 nitrogen and oxygen atoms in total. The number of ether oxygens (including phenoxy) is 1. The van der Waals surface area contributed by atoms with E-state index in [1.54, 1.807) is 35.7 Å². The maximum absolute atomic E-state index is 13.4. The lowest BCUT2D eigenvalue weighted by Crippen LogP contribution is -2.67. The minimum absolute atomic E-state index is 0.0133. The Labute approximate surface area is 219 Å². The second-order valence-corrected chi connectivity index (χ2v) is 11.5. The summed E-state index contributed by atoms with van der Waals surface area (Å²) in [6, 6.07) is 24.5. The number of rotatable bonds is 5. The van der Waals surface area contributed by atoms with E-state index in [2.05, 4.69) is 28.9 Å². The Morgan fingerprint density at radius 2 is 1.51 bits per heavy atom. The van der Waals surface area contributed by atoms with Gasteiger partial charge in [-0.25, -0.2) is 8.42 Å². The van der Waals surface area contributed by atoms with E-state index >= 15 is 0 Å². The van der Waals surface area contributed by atoms with E-state index in [1.165, 1.54) is 0 Å². The zero-order chi connectivity index (χ0) is 25.8. The highest BCUT2D eigenvalue weighted by Crippen LogP contribution is 2.42. The second-order valence-electron chi connectivity index (χ2n) is 9.56. The molecular formula is C30H32N2O4S. The molecule has 0 amide bonds. The van der Waals surface area contributed by atoms with Gasteiger partial charge in [0, 0.05) is 42.2 Å². The first-order valence-electron chi connectivity index (χ1n) is 12.7. The van der Waals surface area contributed by atoms with Crippen LogP contribution in [0.4, 0.5) is 0 Å². The second kappa shape index (κ2) is 11.1. The van der Waals surface area contributed by atoms with Gasteiger partial charge in [-0.3, -0.25) is 4.90 Å². The van der Waals surface area contributed by atoms with Gasteiger partial charge in [0.1, 0.15) is 5.75 Å². The van der Waals surface area contributed by atoms with Gasteiger partial charge in [-0.15, -0.1) is 0 Å². The molecule has 0 spiro atoms. The van der Waals surface area contributed by atoms with Crippen LogP contribution in [0.25, 0.3) is 0 Å². The van der Waals surface area contributed by atoms with Crippen molar-refractivity contribution in [3.8, 4) is 17.6 Å². The van der Waals surface area contributed by atoms with Crippen molar-refractivity contribution in [3.05, 3.63) is 95.6 Å². The number of sulfonamides is 1. The van der Waals surface area contributed by atoms with Crippen LogP contribution in [0.1, 0.15) is 35.4 Å². The summed E-state index contributed by atoms with van der Waals surface area (Å²) in [5, 5.41) is 10.2. The first-order valence-corrected chi connectivity index (χ1v) is 14.1. The predicted octanol–water partition coefficient (Wildman–Crippen LogP) is 3.71. The van der Waals surface area contributed by atoms with E-state index in [1.807, 2.05) is 42.5 Å². The summed E-state index contributed by atoms with van der Waals surface area (Å²) in [7, 11) is -1.94. The molecule has 192 valence electrons. The summed E-state index contributed by atoms with van der Waals surface area (Å²) in [5.41, 5.74) is 2.92. The Hall–Kier alpha value is -3.15. The van der Waals surface area contributed by atoms with E-state index in [9.17, 15) is 13.5 Å². The molecule has 37 heavy (non-hydrogen) atoms. The van der Waals surface area contributed by atoms with Crippen molar-refractivity contribution in [2.45, 2.75) is 35.7 Å². The zero-order valence-corrected chi connectivity index (χ0v) is 21.8. The van der Waals surface area contributed by atoms with Crippen LogP contribution in [0.5, 0.6) is 5.75 Å².